The zero-order valence-electron chi connectivity index (χ0n) is 8.62. The molecule has 4 N–H and O–H groups in total. The van der Waals surface area contributed by atoms with Gasteiger partial charge in [0.05, 0.1) is 17.7 Å². The van der Waals surface area contributed by atoms with Gasteiger partial charge in [-0.05, 0) is 34.5 Å². The lowest BCUT2D eigenvalue weighted by Crippen LogP contribution is -2.13. The summed E-state index contributed by atoms with van der Waals surface area (Å²) in [5, 5.41) is 19.5. The molecule has 1 rings (SSSR count). The van der Waals surface area contributed by atoms with Gasteiger partial charge in [-0.2, -0.15) is 0 Å². The molecule has 0 radical (unpaired) electrons. The number of aliphatic hydroxyl groups is 1. The number of halogens is 1. The van der Waals surface area contributed by atoms with Crippen molar-refractivity contribution in [3.05, 3.63) is 21.7 Å². The normalized spacial score (nSPS) is 12.6. The van der Waals surface area contributed by atoms with E-state index < -0.39 is 6.10 Å². The number of rotatable bonds is 3. The summed E-state index contributed by atoms with van der Waals surface area (Å²) < 4.78 is 5.66. The van der Waals surface area contributed by atoms with Crippen LogP contribution in [-0.2, 0) is 0 Å². The number of benzene rings is 1. The number of aryl methyl sites for hydroxylation is 1. The fourth-order valence-corrected chi connectivity index (χ4v) is 2.18. The second-order valence-electron chi connectivity index (χ2n) is 3.22. The third-order valence-corrected chi connectivity index (χ3v) is 2.80. The standard InChI is InChI=1S/C10H14BrNO3/c1-5-3-6(11)10(15-2)9(14)8(5)7(13)4-12/h3,7,13-14H,4,12H2,1-2H3. The summed E-state index contributed by atoms with van der Waals surface area (Å²) in [6, 6.07) is 1.77. The highest BCUT2D eigenvalue weighted by Crippen LogP contribution is 2.41. The average molecular weight is 276 g/mol. The van der Waals surface area contributed by atoms with Crippen LogP contribution in [-0.4, -0.2) is 23.9 Å². The minimum Gasteiger partial charge on any atom is -0.504 e. The number of phenols is 1. The molecule has 0 saturated heterocycles. The Morgan fingerprint density at radius 1 is 1.60 bits per heavy atom. The first-order chi connectivity index (χ1) is 7.02. The van der Waals surface area contributed by atoms with Crippen LogP contribution in [0.15, 0.2) is 10.5 Å². The van der Waals surface area contributed by atoms with Crippen LogP contribution < -0.4 is 10.5 Å². The van der Waals surface area contributed by atoms with Gasteiger partial charge < -0.3 is 20.7 Å². The van der Waals surface area contributed by atoms with Gasteiger partial charge in [-0.3, -0.25) is 0 Å². The van der Waals surface area contributed by atoms with E-state index in [2.05, 4.69) is 15.9 Å². The van der Waals surface area contributed by atoms with Crippen molar-refractivity contribution in [2.24, 2.45) is 5.73 Å². The van der Waals surface area contributed by atoms with Gasteiger partial charge in [0.1, 0.15) is 0 Å². The van der Waals surface area contributed by atoms with Crippen LogP contribution in [0, 0.1) is 6.92 Å². The summed E-state index contributed by atoms with van der Waals surface area (Å²) in [6.45, 7) is 1.84. The van der Waals surface area contributed by atoms with Gasteiger partial charge in [-0.25, -0.2) is 0 Å². The number of aliphatic hydroxyl groups excluding tert-OH is 1. The van der Waals surface area contributed by atoms with Gasteiger partial charge in [0.25, 0.3) is 0 Å². The van der Waals surface area contributed by atoms with E-state index >= 15 is 0 Å². The van der Waals surface area contributed by atoms with Gasteiger partial charge in [0, 0.05) is 12.1 Å². The van der Waals surface area contributed by atoms with Crippen LogP contribution in [0.3, 0.4) is 0 Å². The van der Waals surface area contributed by atoms with Gasteiger partial charge in [-0.1, -0.05) is 0 Å². The monoisotopic (exact) mass is 275 g/mol. The lowest BCUT2D eigenvalue weighted by molar-refractivity contribution is 0.180. The second-order valence-corrected chi connectivity index (χ2v) is 4.08. The predicted octanol–water partition coefficient (Wildman–Crippen LogP) is 1.46. The topological polar surface area (TPSA) is 75.7 Å². The van der Waals surface area contributed by atoms with Crippen molar-refractivity contribution >= 4 is 15.9 Å². The molecule has 1 aromatic rings. The third kappa shape index (κ3) is 2.25. The molecule has 1 aromatic carbocycles. The molecule has 0 aromatic heterocycles. The number of methoxy groups -OCH3 is 1. The fourth-order valence-electron chi connectivity index (χ4n) is 1.49. The van der Waals surface area contributed by atoms with Crippen molar-refractivity contribution in [3.8, 4) is 11.5 Å². The number of hydrogen-bond acceptors (Lipinski definition) is 4. The molecule has 0 amide bonds. The fraction of sp³-hybridized carbons (Fsp3) is 0.400. The van der Waals surface area contributed by atoms with Crippen LogP contribution in [0.4, 0.5) is 0 Å². The van der Waals surface area contributed by atoms with E-state index in [1.807, 2.05) is 0 Å². The summed E-state index contributed by atoms with van der Waals surface area (Å²) in [5.74, 6) is 0.241. The maximum absolute atomic E-state index is 9.88. The molecule has 0 spiro atoms. The maximum atomic E-state index is 9.88. The third-order valence-electron chi connectivity index (χ3n) is 2.22. The number of phenolic OH excluding ortho intramolecular Hbond substituents is 1. The molecule has 0 aliphatic carbocycles. The first-order valence-electron chi connectivity index (χ1n) is 4.47. The smallest absolute Gasteiger partial charge is 0.175 e. The van der Waals surface area contributed by atoms with Crippen molar-refractivity contribution in [1.82, 2.24) is 0 Å². The van der Waals surface area contributed by atoms with E-state index in [-0.39, 0.29) is 12.3 Å². The summed E-state index contributed by atoms with van der Waals surface area (Å²) in [7, 11) is 1.45. The zero-order chi connectivity index (χ0) is 11.6. The van der Waals surface area contributed by atoms with Gasteiger partial charge in [0.2, 0.25) is 0 Å². The summed E-state index contributed by atoms with van der Waals surface area (Å²) >= 11 is 3.27. The molecule has 0 fully saturated rings. The Bertz CT molecular complexity index is 368. The largest absolute Gasteiger partial charge is 0.504 e. The van der Waals surface area contributed by atoms with E-state index in [1.54, 1.807) is 13.0 Å². The molecular weight excluding hydrogens is 262 g/mol. The van der Waals surface area contributed by atoms with Crippen molar-refractivity contribution in [3.63, 3.8) is 0 Å². The van der Waals surface area contributed by atoms with Crippen molar-refractivity contribution in [2.75, 3.05) is 13.7 Å². The predicted molar refractivity (Wildman–Crippen MR) is 61.1 cm³/mol. The lowest BCUT2D eigenvalue weighted by atomic mass is 10.0. The van der Waals surface area contributed by atoms with Crippen molar-refractivity contribution in [1.29, 1.82) is 0 Å². The lowest BCUT2D eigenvalue weighted by Gasteiger charge is -2.17. The zero-order valence-corrected chi connectivity index (χ0v) is 10.2. The van der Waals surface area contributed by atoms with Crippen molar-refractivity contribution in [2.45, 2.75) is 13.0 Å². The minimum atomic E-state index is -0.882. The van der Waals surface area contributed by atoms with Gasteiger partial charge >= 0.3 is 0 Å². The molecule has 5 heteroatoms. The Kier molecular flexibility index (Phi) is 3.96. The first kappa shape index (κ1) is 12.3. The highest BCUT2D eigenvalue weighted by molar-refractivity contribution is 9.10. The summed E-state index contributed by atoms with van der Waals surface area (Å²) in [6.07, 6.45) is -0.882. The molecule has 1 atom stereocenters. The Balaban J connectivity index is 3.38. The second kappa shape index (κ2) is 4.83. The Morgan fingerprint density at radius 3 is 2.67 bits per heavy atom. The Hall–Kier alpha value is -0.780. The molecule has 0 aliphatic heterocycles. The quantitative estimate of drug-likeness (QED) is 0.781. The molecule has 15 heavy (non-hydrogen) atoms. The summed E-state index contributed by atoms with van der Waals surface area (Å²) in [5.41, 5.74) is 6.53. The molecule has 0 bridgehead atoms. The molecule has 1 unspecified atom stereocenters. The van der Waals surface area contributed by atoms with Crippen molar-refractivity contribution < 1.29 is 14.9 Å². The highest BCUT2D eigenvalue weighted by atomic mass is 79.9. The van der Waals surface area contributed by atoms with Crippen LogP contribution in [0.2, 0.25) is 0 Å². The van der Waals surface area contributed by atoms with Crippen LogP contribution >= 0.6 is 15.9 Å². The molecule has 0 saturated carbocycles. The van der Waals surface area contributed by atoms with E-state index in [9.17, 15) is 10.2 Å². The number of nitrogens with two attached hydrogens (primary N) is 1. The molecule has 84 valence electrons. The number of aromatic hydroxyl groups is 1. The maximum Gasteiger partial charge on any atom is 0.175 e. The first-order valence-corrected chi connectivity index (χ1v) is 5.26. The highest BCUT2D eigenvalue weighted by Gasteiger charge is 2.19. The molecule has 0 aliphatic rings. The SMILES string of the molecule is COc1c(Br)cc(C)c(C(O)CN)c1O. The molecule has 0 heterocycles. The molecule has 4 nitrogen and oxygen atoms in total. The Morgan fingerprint density at radius 2 is 2.20 bits per heavy atom. The van der Waals surface area contributed by atoms with Crippen LogP contribution in [0.5, 0.6) is 11.5 Å². The van der Waals surface area contributed by atoms with E-state index in [0.717, 1.165) is 5.56 Å². The molecular formula is C10H14BrNO3. The van der Waals surface area contributed by atoms with Crippen LogP contribution in [0.25, 0.3) is 0 Å². The van der Waals surface area contributed by atoms with E-state index in [0.29, 0.717) is 15.8 Å². The number of ether oxygens (including phenoxy) is 1. The average Bonchev–Trinajstić information content (AvgIpc) is 2.17. The van der Waals surface area contributed by atoms with Gasteiger partial charge in [-0.15, -0.1) is 0 Å². The van der Waals surface area contributed by atoms with Crippen LogP contribution in [0.1, 0.15) is 17.2 Å². The minimum absolute atomic E-state index is 0.0547. The van der Waals surface area contributed by atoms with E-state index in [1.165, 1.54) is 7.11 Å². The van der Waals surface area contributed by atoms with Gasteiger partial charge in [0.15, 0.2) is 11.5 Å². The van der Waals surface area contributed by atoms with E-state index in [4.69, 9.17) is 10.5 Å². The number of hydrogen-bond donors (Lipinski definition) is 3. The Labute approximate surface area is 96.8 Å². The summed E-state index contributed by atoms with van der Waals surface area (Å²) in [4.78, 5) is 0.